The molecule has 4 atom stereocenters. The number of esters is 5. The molecule has 824 valence electrons. The van der Waals surface area contributed by atoms with E-state index in [-0.39, 0.29) is 213 Å². The third-order valence-electron chi connectivity index (χ3n) is 18.1. The molecular formula is C93H132Cl3F2I2N5O32S9. The number of aromatic nitrogens is 2. The van der Waals surface area contributed by atoms with Crippen molar-refractivity contribution in [1.29, 1.82) is 0 Å². The molecule has 9 N–H and O–H groups in total. The number of benzene rings is 6. The minimum Gasteiger partial charge on any atom is -0.507 e. The largest absolute Gasteiger partial charge is 0.507 e. The molecule has 6 heterocycles. The molecule has 0 radical (unpaired) electrons. The third-order valence-corrected chi connectivity index (χ3v) is 25.1. The second-order valence-electron chi connectivity index (χ2n) is 31.7. The Bertz CT molecular complexity index is 5960. The number of nitrogens with zero attached hydrogens (tertiary/aromatic N) is 2. The summed E-state index contributed by atoms with van der Waals surface area (Å²) in [6, 6.07) is 34.1. The van der Waals surface area contributed by atoms with Crippen LogP contribution >= 0.6 is 133 Å². The number of aryl methyl sites for hydroxylation is 2. The Kier molecular flexibility index (Phi) is 71.8. The topological polar surface area (TPSA) is 555 Å². The van der Waals surface area contributed by atoms with E-state index in [9.17, 15) is 81.4 Å². The predicted octanol–water partition coefficient (Wildman–Crippen LogP) is 16.4. The van der Waals surface area contributed by atoms with E-state index in [0.717, 1.165) is 65.3 Å². The number of sulfone groups is 3. The summed E-state index contributed by atoms with van der Waals surface area (Å²) < 4.78 is 210. The zero-order chi connectivity index (χ0) is 107. The van der Waals surface area contributed by atoms with Gasteiger partial charge in [0, 0.05) is 61.7 Å². The lowest BCUT2D eigenvalue weighted by Gasteiger charge is -2.16. The summed E-state index contributed by atoms with van der Waals surface area (Å²) in [6.45, 7) is 27.4. The number of amides is 1. The monoisotopic (exact) mass is 2520 g/mol. The lowest BCUT2D eigenvalue weighted by Crippen LogP contribution is -2.19. The quantitative estimate of drug-likeness (QED) is 0.00781. The second kappa shape index (κ2) is 72.6. The predicted molar refractivity (Wildman–Crippen MR) is 592 cm³/mol. The van der Waals surface area contributed by atoms with E-state index < -0.39 is 83.5 Å². The number of ether oxygens (including phenoxy) is 12. The number of nitrogens with two attached hydrogens (primary N) is 2. The van der Waals surface area contributed by atoms with E-state index in [1.165, 1.54) is 120 Å². The number of para-hydroxylation sites is 2. The molecule has 1 amide bonds. The summed E-state index contributed by atoms with van der Waals surface area (Å²) in [5.74, 6) is -3.78. The van der Waals surface area contributed by atoms with E-state index in [1.807, 2.05) is 33.8 Å². The number of methoxy groups -OCH3 is 5. The summed E-state index contributed by atoms with van der Waals surface area (Å²) >= 11 is 4.69. The van der Waals surface area contributed by atoms with Gasteiger partial charge in [0.05, 0.1) is 134 Å². The first kappa shape index (κ1) is 144. The maximum Gasteiger partial charge on any atom is 0.353 e. The third kappa shape index (κ3) is 56.8. The number of alkyl halides is 2. The molecule has 4 saturated heterocycles. The zero-order valence-electron chi connectivity index (χ0n) is 83.1. The molecule has 0 bridgehead atoms. The van der Waals surface area contributed by atoms with Gasteiger partial charge in [-0.05, 0) is 220 Å². The van der Waals surface area contributed by atoms with Gasteiger partial charge in [-0.25, -0.2) is 76.4 Å². The van der Waals surface area contributed by atoms with Crippen LogP contribution in [0.25, 0.3) is 0 Å². The van der Waals surface area contributed by atoms with Crippen LogP contribution in [0.4, 0.5) is 20.4 Å². The Labute approximate surface area is 923 Å². The average Bonchev–Trinajstić information content (AvgIpc) is 1.36. The molecule has 0 aliphatic carbocycles. The van der Waals surface area contributed by atoms with E-state index in [0.29, 0.717) is 87.1 Å². The van der Waals surface area contributed by atoms with Gasteiger partial charge in [-0.3, -0.25) is 9.35 Å². The maximum absolute atomic E-state index is 13.4. The fourth-order valence-electron chi connectivity index (χ4n) is 11.6. The number of nitrogens with one attached hydrogen (secondary N) is 1. The van der Waals surface area contributed by atoms with Crippen LogP contribution in [-0.4, -0.2) is 246 Å². The Morgan fingerprint density at radius 2 is 0.719 bits per heavy atom. The minimum atomic E-state index is -4.19. The first-order valence-corrected chi connectivity index (χ1v) is 55.0. The molecule has 2 aromatic heterocycles. The smallest absolute Gasteiger partial charge is 0.353 e. The summed E-state index contributed by atoms with van der Waals surface area (Å²) in [6.07, 6.45) is 2.85. The molecule has 146 heavy (non-hydrogen) atoms. The van der Waals surface area contributed by atoms with E-state index in [1.54, 1.807) is 51.1 Å². The lowest BCUT2D eigenvalue weighted by atomic mass is 10.1. The molecule has 4 fully saturated rings. The standard InChI is InChI=1S/C21H25FN2O5S.C16H22O6S.C13H16O6S.C11H14O3.C8H7ClO5S.C8H8O3.C6H7FN2.C4H9NO.2C3H7I.ClHO3S.ClH.4H2S/c1-13(2)29-19-6-4-16(30(26,27)12-15-8-9-28-11-15)10-17(19)21(25)24-20-7-5-18(22)14(3)23-20;1-11(2)22-15-5-4-13(8-14(15)16(17)20-3)23(18,19)10-12-6-7-21-9-12;1-18-13(15)11-6-10(2-3-12(11)14)20(16,17)8-9-4-5-19-7-9;1-8(2)14-10-7-5-4-6-9(10)11(12)13-3;1-14-8(11)6-4-5(15(9,12)13)2-3-7(6)10;1-11-8(10)6-4-2-3-5-7(6)9;1-4-5(7)2-3-6(8)9-4;5-4-1-2-6-3-4;2*1-3(2)4;1-5(2,3)4;;;;;/h4-7,10,13,15H,8-9,11-12H2,1-3H3,(H,23,24,25);4-5,8,11-12H,6-7,9-10H2,1-3H3;2-3,6,9,14H,4-5,7-8H2,1H3;4-8H,1-3H3;2-4,10H,1H3;2-5,9H,1H3;2-3H,1H3,(H2,8,9);4H,1-3,5H2;2*3H,1-2H3;(H,2,3,4);1H;4*1H2/t15-;12-;9-;;;;;4-;;;;;;;;/m000....0......../s1. The Morgan fingerprint density at radius 1 is 0.425 bits per heavy atom. The number of pyridine rings is 2. The van der Waals surface area contributed by atoms with E-state index in [2.05, 4.69) is 118 Å². The van der Waals surface area contributed by atoms with Crippen LogP contribution in [-0.2, 0) is 90.5 Å². The minimum absolute atomic E-state index is 0. The summed E-state index contributed by atoms with van der Waals surface area (Å²) in [5.41, 5.74) is 11.6. The maximum atomic E-state index is 13.4. The molecule has 8 aromatic rings. The van der Waals surface area contributed by atoms with E-state index >= 15 is 0 Å². The molecule has 4 aliphatic heterocycles. The summed E-state index contributed by atoms with van der Waals surface area (Å²) in [7, 11) is -3.47. The van der Waals surface area contributed by atoms with Gasteiger partial charge >= 0.3 is 39.2 Å². The molecule has 4 aliphatic rings. The average molecular weight is 2520 g/mol. The van der Waals surface area contributed by atoms with Crippen molar-refractivity contribution in [1.82, 2.24) is 9.97 Å². The molecule has 12 rings (SSSR count). The number of phenolic OH excluding ortho intramolecular Hbond substituents is 3. The number of carbonyl (C=O) groups is 6. The van der Waals surface area contributed by atoms with Crippen LogP contribution in [0.5, 0.6) is 34.5 Å². The summed E-state index contributed by atoms with van der Waals surface area (Å²) in [5, 5.41) is 30.5. The number of carbonyl (C=O) groups excluding carboxylic acids is 6. The number of rotatable bonds is 23. The zero-order valence-corrected chi connectivity index (χ0v) is 97.9. The van der Waals surface area contributed by atoms with Crippen LogP contribution < -0.4 is 31.0 Å². The van der Waals surface area contributed by atoms with Gasteiger partial charge in [0.1, 0.15) is 85.6 Å². The highest BCUT2D eigenvalue weighted by Gasteiger charge is 2.31. The van der Waals surface area contributed by atoms with E-state index in [4.69, 9.17) is 78.1 Å². The number of nitrogen functional groups attached to an aromatic ring is 1. The lowest BCUT2D eigenvalue weighted by molar-refractivity contribution is 0.0584. The molecule has 0 unspecified atom stereocenters. The molecular weight excluding hydrogens is 2390 g/mol. The highest BCUT2D eigenvalue weighted by atomic mass is 127. The van der Waals surface area contributed by atoms with Gasteiger partial charge in [0.15, 0.2) is 29.5 Å². The fraction of sp³-hybridized carbons (Fsp3) is 0.441. The number of hydrogen-bond donors (Lipinski definition) is 7. The number of halogens is 7. The first-order valence-electron chi connectivity index (χ1n) is 42.9. The van der Waals surface area contributed by atoms with Gasteiger partial charge < -0.3 is 88.9 Å². The molecule has 53 heteroatoms. The molecule has 6 aromatic carbocycles. The molecule has 0 saturated carbocycles. The van der Waals surface area contributed by atoms with Gasteiger partial charge in [0.2, 0.25) is 0 Å². The van der Waals surface area contributed by atoms with Crippen molar-refractivity contribution >= 4 is 228 Å². The van der Waals surface area contributed by atoms with Gasteiger partial charge in [-0.15, -0.1) is 12.4 Å². The Morgan fingerprint density at radius 3 is 1.05 bits per heavy atom. The number of aromatic hydroxyl groups is 3. The van der Waals surface area contributed by atoms with Crippen LogP contribution in [0.1, 0.15) is 168 Å². The summed E-state index contributed by atoms with van der Waals surface area (Å²) in [4.78, 5) is 77.1. The second-order valence-corrected chi connectivity index (χ2v) is 47.3. The normalized spacial score (nSPS) is 14.6. The molecule has 0 spiro atoms. The van der Waals surface area contributed by atoms with Crippen LogP contribution in [0, 0.1) is 43.2 Å². The van der Waals surface area contributed by atoms with Crippen LogP contribution in [0.3, 0.4) is 0 Å². The number of hydrogen-bond acceptors (Lipinski definition) is 35. The molecule has 37 nitrogen and oxygen atoms in total. The number of phenols is 3. The van der Waals surface area contributed by atoms with Crippen molar-refractivity contribution < 1.29 is 156 Å². The highest BCUT2D eigenvalue weighted by Crippen LogP contribution is 2.33. The van der Waals surface area contributed by atoms with Crippen LogP contribution in [0.15, 0.2) is 165 Å². The van der Waals surface area contributed by atoms with Gasteiger partial charge in [-0.2, -0.15) is 62.4 Å². The highest BCUT2D eigenvalue weighted by molar-refractivity contribution is 14.1. The SMILES string of the molecule is CC(C)I.CC(C)I.COC(=O)c1cc(S(=O)(=O)C[C@H]2CCOC2)ccc1O.COC(=O)c1cc(S(=O)(=O)C[C@H]2CCOC2)ccc1OC(C)C.COC(=O)c1cc(S(=O)(=O)Cl)ccc1O.COC(=O)c1ccccc1O.COC(=O)c1ccccc1OC(C)C.Cc1nc(N)ccc1F.Cc1nc(NC(=O)c2cc(S(=O)(=O)C[C@H]3CCOC3)ccc2OC(C)C)ccc1F.Cl.N[C@H]1CCOC1.O=S(=O)(O)Cl.S.S.S.S. The van der Waals surface area contributed by atoms with Crippen molar-refractivity contribution in [2.75, 3.05) is 117 Å². The Balaban J connectivity index is -0.000000794. The Hall–Kier alpha value is -7.86. The van der Waals surface area contributed by atoms with Crippen molar-refractivity contribution in [3.63, 3.8) is 0 Å². The van der Waals surface area contributed by atoms with Gasteiger partial charge in [-0.1, -0.05) is 97.1 Å². The van der Waals surface area contributed by atoms with Crippen molar-refractivity contribution in [2.45, 2.75) is 161 Å². The van der Waals surface area contributed by atoms with Crippen molar-refractivity contribution in [3.8, 4) is 34.5 Å². The van der Waals surface area contributed by atoms with Crippen molar-refractivity contribution in [3.05, 3.63) is 202 Å². The number of anilines is 2. The van der Waals surface area contributed by atoms with Gasteiger partial charge in [0.25, 0.3) is 15.0 Å². The first-order chi connectivity index (χ1) is 65.7. The van der Waals surface area contributed by atoms with Crippen LogP contribution in [0.2, 0.25) is 0 Å². The van der Waals surface area contributed by atoms with Crippen molar-refractivity contribution in [2.24, 2.45) is 23.5 Å². The fourth-order valence-corrected chi connectivity index (χ4v) is 17.3.